The molecule has 1 heterocycles. The molecule has 2 rings (SSSR count). The molecule has 1 aromatic rings. The Morgan fingerprint density at radius 3 is 2.73 bits per heavy atom. The number of nitrogens with one attached hydrogen (secondary N) is 1. The van der Waals surface area contributed by atoms with Gasteiger partial charge in [-0.25, -0.2) is 0 Å². The maximum atomic E-state index is 11.1. The van der Waals surface area contributed by atoms with Gasteiger partial charge < -0.3 is 10.4 Å². The van der Waals surface area contributed by atoms with Crippen LogP contribution in [-0.4, -0.2) is 41.7 Å². The summed E-state index contributed by atoms with van der Waals surface area (Å²) >= 11 is 0. The number of nitrogens with zero attached hydrogens (tertiary/aromatic N) is 1. The predicted molar refractivity (Wildman–Crippen MR) is 88.9 cm³/mol. The zero-order valence-corrected chi connectivity index (χ0v) is 13.9. The first-order chi connectivity index (χ1) is 10.4. The lowest BCUT2D eigenvalue weighted by Crippen LogP contribution is -2.36. The minimum atomic E-state index is -0.722. The van der Waals surface area contributed by atoms with Crippen LogP contribution in [0.3, 0.4) is 0 Å². The SMILES string of the molecule is CC(c1ccccc1)N1CCC(NCCC(C)(C)C(=O)O)C1. The van der Waals surface area contributed by atoms with E-state index in [1.807, 2.05) is 0 Å². The summed E-state index contributed by atoms with van der Waals surface area (Å²) in [6.07, 6.45) is 1.79. The molecule has 4 nitrogen and oxygen atoms in total. The Bertz CT molecular complexity index is 487. The highest BCUT2D eigenvalue weighted by Crippen LogP contribution is 2.25. The van der Waals surface area contributed by atoms with Crippen LogP contribution in [0.5, 0.6) is 0 Å². The normalized spacial score (nSPS) is 21.0. The third-order valence-electron chi connectivity index (χ3n) is 4.81. The van der Waals surface area contributed by atoms with E-state index in [-0.39, 0.29) is 0 Å². The maximum absolute atomic E-state index is 11.1. The zero-order chi connectivity index (χ0) is 16.2. The van der Waals surface area contributed by atoms with Gasteiger partial charge in [-0.2, -0.15) is 0 Å². The fourth-order valence-electron chi connectivity index (χ4n) is 2.94. The third kappa shape index (κ3) is 4.31. The third-order valence-corrected chi connectivity index (χ3v) is 4.81. The number of hydrogen-bond donors (Lipinski definition) is 2. The fourth-order valence-corrected chi connectivity index (χ4v) is 2.94. The Hall–Kier alpha value is -1.39. The molecule has 0 aliphatic carbocycles. The van der Waals surface area contributed by atoms with Crippen molar-refractivity contribution in [1.82, 2.24) is 10.2 Å². The zero-order valence-electron chi connectivity index (χ0n) is 13.9. The highest BCUT2D eigenvalue weighted by atomic mass is 16.4. The lowest BCUT2D eigenvalue weighted by atomic mass is 9.89. The maximum Gasteiger partial charge on any atom is 0.309 e. The summed E-state index contributed by atoms with van der Waals surface area (Å²) in [5.74, 6) is -0.722. The van der Waals surface area contributed by atoms with Gasteiger partial charge in [0.2, 0.25) is 0 Å². The lowest BCUT2D eigenvalue weighted by Gasteiger charge is -2.25. The van der Waals surface area contributed by atoms with E-state index in [0.717, 1.165) is 26.1 Å². The molecule has 1 saturated heterocycles. The largest absolute Gasteiger partial charge is 0.481 e. The van der Waals surface area contributed by atoms with Gasteiger partial charge in [-0.15, -0.1) is 0 Å². The van der Waals surface area contributed by atoms with Gasteiger partial charge in [-0.05, 0) is 45.7 Å². The minimum absolute atomic E-state index is 0.434. The van der Waals surface area contributed by atoms with E-state index in [1.54, 1.807) is 13.8 Å². The number of aliphatic carboxylic acids is 1. The Morgan fingerprint density at radius 2 is 2.09 bits per heavy atom. The van der Waals surface area contributed by atoms with Crippen molar-refractivity contribution in [1.29, 1.82) is 0 Å². The molecule has 0 bridgehead atoms. The second kappa shape index (κ2) is 7.25. The average molecular weight is 304 g/mol. The van der Waals surface area contributed by atoms with Gasteiger partial charge >= 0.3 is 5.97 Å². The standard InChI is InChI=1S/C18H28N2O2/c1-14(15-7-5-4-6-8-15)20-12-9-16(13-20)19-11-10-18(2,3)17(21)22/h4-8,14,16,19H,9-13H2,1-3H3,(H,21,22). The molecule has 22 heavy (non-hydrogen) atoms. The van der Waals surface area contributed by atoms with Gasteiger partial charge in [0, 0.05) is 25.2 Å². The minimum Gasteiger partial charge on any atom is -0.481 e. The highest BCUT2D eigenvalue weighted by molar-refractivity contribution is 5.73. The van der Waals surface area contributed by atoms with Crippen molar-refractivity contribution < 1.29 is 9.90 Å². The molecule has 0 radical (unpaired) electrons. The smallest absolute Gasteiger partial charge is 0.309 e. The number of benzene rings is 1. The Balaban J connectivity index is 1.77. The molecule has 122 valence electrons. The number of rotatable bonds is 7. The van der Waals surface area contributed by atoms with Crippen molar-refractivity contribution in [3.05, 3.63) is 35.9 Å². The number of carbonyl (C=O) groups is 1. The molecule has 0 amide bonds. The molecule has 1 fully saturated rings. The highest BCUT2D eigenvalue weighted by Gasteiger charge is 2.29. The van der Waals surface area contributed by atoms with Crippen molar-refractivity contribution in [2.45, 2.75) is 45.7 Å². The number of hydrogen-bond acceptors (Lipinski definition) is 3. The van der Waals surface area contributed by atoms with Crippen LogP contribution in [0.4, 0.5) is 0 Å². The number of carboxylic acids is 1. The van der Waals surface area contributed by atoms with Gasteiger partial charge in [0.15, 0.2) is 0 Å². The van der Waals surface area contributed by atoms with Crippen LogP contribution in [0.2, 0.25) is 0 Å². The van der Waals surface area contributed by atoms with Gasteiger partial charge in [0.1, 0.15) is 0 Å². The Kier molecular flexibility index (Phi) is 5.59. The van der Waals surface area contributed by atoms with Gasteiger partial charge in [-0.3, -0.25) is 9.69 Å². The molecule has 4 heteroatoms. The van der Waals surface area contributed by atoms with E-state index in [9.17, 15) is 4.79 Å². The molecule has 2 unspecified atom stereocenters. The second-order valence-corrected chi connectivity index (χ2v) is 6.96. The van der Waals surface area contributed by atoms with Crippen molar-refractivity contribution in [2.24, 2.45) is 5.41 Å². The molecular weight excluding hydrogens is 276 g/mol. The summed E-state index contributed by atoms with van der Waals surface area (Å²) in [4.78, 5) is 13.6. The van der Waals surface area contributed by atoms with Gasteiger partial charge in [0.05, 0.1) is 5.41 Å². The molecule has 1 aromatic carbocycles. The molecule has 1 aliphatic rings. The topological polar surface area (TPSA) is 52.6 Å². The van der Waals surface area contributed by atoms with Crippen molar-refractivity contribution in [3.63, 3.8) is 0 Å². The van der Waals surface area contributed by atoms with Crippen molar-refractivity contribution in [3.8, 4) is 0 Å². The van der Waals surface area contributed by atoms with Crippen LogP contribution in [0.15, 0.2) is 30.3 Å². The first-order valence-electron chi connectivity index (χ1n) is 8.16. The lowest BCUT2D eigenvalue weighted by molar-refractivity contribution is -0.147. The molecule has 2 N–H and O–H groups in total. The monoisotopic (exact) mass is 304 g/mol. The second-order valence-electron chi connectivity index (χ2n) is 6.96. The molecule has 1 aliphatic heterocycles. The van der Waals surface area contributed by atoms with E-state index in [0.29, 0.717) is 18.5 Å². The summed E-state index contributed by atoms with van der Waals surface area (Å²) in [6.45, 7) is 8.72. The van der Waals surface area contributed by atoms with Crippen LogP contribution in [-0.2, 0) is 4.79 Å². The summed E-state index contributed by atoms with van der Waals surface area (Å²) in [5, 5.41) is 12.7. The van der Waals surface area contributed by atoms with Crippen molar-refractivity contribution in [2.75, 3.05) is 19.6 Å². The Morgan fingerprint density at radius 1 is 1.41 bits per heavy atom. The molecule has 0 spiro atoms. The average Bonchev–Trinajstić information content (AvgIpc) is 2.96. The molecule has 0 saturated carbocycles. The van der Waals surface area contributed by atoms with E-state index >= 15 is 0 Å². The molecule has 0 aromatic heterocycles. The molecule has 2 atom stereocenters. The van der Waals surface area contributed by atoms with Crippen LogP contribution in [0.25, 0.3) is 0 Å². The van der Waals surface area contributed by atoms with Gasteiger partial charge in [-0.1, -0.05) is 30.3 Å². The number of likely N-dealkylation sites (tertiary alicyclic amines) is 1. The fraction of sp³-hybridized carbons (Fsp3) is 0.611. The predicted octanol–water partition coefficient (Wildman–Crippen LogP) is 2.91. The van der Waals surface area contributed by atoms with Crippen LogP contribution < -0.4 is 5.32 Å². The first kappa shape index (κ1) is 17.0. The van der Waals surface area contributed by atoms with E-state index in [4.69, 9.17) is 5.11 Å². The van der Waals surface area contributed by atoms with E-state index in [1.165, 1.54) is 5.56 Å². The summed E-state index contributed by atoms with van der Waals surface area (Å²) in [5.41, 5.74) is 0.706. The molecular formula is C18H28N2O2. The van der Waals surface area contributed by atoms with Crippen LogP contribution in [0.1, 0.15) is 45.2 Å². The van der Waals surface area contributed by atoms with Gasteiger partial charge in [0.25, 0.3) is 0 Å². The summed E-state index contributed by atoms with van der Waals surface area (Å²) in [7, 11) is 0. The summed E-state index contributed by atoms with van der Waals surface area (Å²) in [6, 6.07) is 11.5. The van der Waals surface area contributed by atoms with E-state index in [2.05, 4.69) is 47.5 Å². The van der Waals surface area contributed by atoms with Crippen LogP contribution in [0, 0.1) is 5.41 Å². The summed E-state index contributed by atoms with van der Waals surface area (Å²) < 4.78 is 0. The van der Waals surface area contributed by atoms with Crippen molar-refractivity contribution >= 4 is 5.97 Å². The number of carboxylic acid groups (broad SMARTS) is 1. The van der Waals surface area contributed by atoms with E-state index < -0.39 is 11.4 Å². The Labute approximate surface area is 133 Å². The first-order valence-corrected chi connectivity index (χ1v) is 8.16. The van der Waals surface area contributed by atoms with Crippen LogP contribution >= 0.6 is 0 Å². The quantitative estimate of drug-likeness (QED) is 0.813.